The van der Waals surface area contributed by atoms with Crippen LogP contribution in [0.1, 0.15) is 61.5 Å². The molecule has 0 amide bonds. The third kappa shape index (κ3) is 6.39. The normalized spacial score (nSPS) is 11.3. The minimum absolute atomic E-state index is 0.741. The molecule has 0 atom stereocenters. The largest absolute Gasteiger partial charge is 0.494 e. The van der Waals surface area contributed by atoms with Crippen LogP contribution in [-0.4, -0.2) is 16.6 Å². The van der Waals surface area contributed by atoms with Gasteiger partial charge in [-0.1, -0.05) is 87.1 Å². The molecule has 3 nitrogen and oxygen atoms in total. The van der Waals surface area contributed by atoms with Crippen molar-refractivity contribution in [3.63, 3.8) is 0 Å². The number of benzene rings is 3. The van der Waals surface area contributed by atoms with Crippen molar-refractivity contribution in [1.82, 2.24) is 9.97 Å². The summed E-state index contributed by atoms with van der Waals surface area (Å²) >= 11 is 1.80. The Morgan fingerprint density at radius 3 is 2.15 bits per heavy atom. The molecule has 0 unspecified atom stereocenters. The van der Waals surface area contributed by atoms with Gasteiger partial charge in [-0.25, -0.2) is 9.97 Å². The van der Waals surface area contributed by atoms with Gasteiger partial charge in [0, 0.05) is 26.4 Å². The van der Waals surface area contributed by atoms with E-state index >= 15 is 0 Å². The van der Waals surface area contributed by atoms with Crippen LogP contribution < -0.4 is 4.74 Å². The summed E-state index contributed by atoms with van der Waals surface area (Å²) in [6.45, 7) is 9.39. The van der Waals surface area contributed by atoms with Gasteiger partial charge in [0.2, 0.25) is 0 Å². The molecule has 0 fully saturated rings. The number of nitrogens with zero attached hydrogens (tertiary/aromatic N) is 2. The van der Waals surface area contributed by atoms with E-state index in [0.29, 0.717) is 0 Å². The molecule has 2 aromatic heterocycles. The molecule has 0 aliphatic rings. The van der Waals surface area contributed by atoms with E-state index in [4.69, 9.17) is 14.7 Å². The molecule has 5 rings (SSSR count). The highest BCUT2D eigenvalue weighted by Gasteiger charge is 2.18. The van der Waals surface area contributed by atoms with Gasteiger partial charge in [-0.05, 0) is 63.1 Å². The molecule has 0 bridgehead atoms. The molecule has 0 saturated heterocycles. The van der Waals surface area contributed by atoms with Gasteiger partial charge in [0.1, 0.15) is 5.75 Å². The van der Waals surface area contributed by atoms with Crippen LogP contribution in [0.2, 0.25) is 0 Å². The maximum atomic E-state index is 6.20. The number of thiophene rings is 1. The Kier molecular flexibility index (Phi) is 8.73. The van der Waals surface area contributed by atoms with Gasteiger partial charge in [-0.3, -0.25) is 0 Å². The Morgan fingerprint density at radius 2 is 1.41 bits per heavy atom. The average molecular weight is 535 g/mol. The molecule has 2 heterocycles. The molecule has 0 aliphatic carbocycles. The number of unbranched alkanes of at least 4 members (excludes halogenated alkanes) is 5. The van der Waals surface area contributed by atoms with E-state index in [1.54, 1.807) is 11.3 Å². The maximum absolute atomic E-state index is 6.20. The summed E-state index contributed by atoms with van der Waals surface area (Å²) in [6, 6.07) is 25.6. The summed E-state index contributed by atoms with van der Waals surface area (Å²) in [5.41, 5.74) is 9.26. The summed E-state index contributed by atoms with van der Waals surface area (Å²) in [4.78, 5) is 13.2. The van der Waals surface area contributed by atoms with Gasteiger partial charge in [-0.15, -0.1) is 11.3 Å². The van der Waals surface area contributed by atoms with Crippen LogP contribution in [-0.2, 0) is 0 Å². The Balaban J connectivity index is 1.56. The summed E-state index contributed by atoms with van der Waals surface area (Å²) in [6.07, 6.45) is 7.51. The van der Waals surface area contributed by atoms with Crippen LogP contribution >= 0.6 is 11.3 Å². The summed E-state index contributed by atoms with van der Waals surface area (Å²) in [5.74, 6) is 0.886. The Morgan fingerprint density at radius 1 is 0.692 bits per heavy atom. The Hall–Kier alpha value is -3.50. The van der Waals surface area contributed by atoms with E-state index < -0.39 is 0 Å². The third-order valence-corrected chi connectivity index (χ3v) is 8.23. The van der Waals surface area contributed by atoms with E-state index in [-0.39, 0.29) is 0 Å². The SMILES string of the molecule is CCCCCCCCOc1cccc(-c2nc3c(-c4ccc(C)s4)ccc(C)c3nc2-c2cccc(C)c2)c1. The van der Waals surface area contributed by atoms with E-state index in [1.807, 2.05) is 6.07 Å². The number of rotatable bonds is 11. The summed E-state index contributed by atoms with van der Waals surface area (Å²) in [5, 5.41) is 0. The molecule has 0 aliphatic heterocycles. The van der Waals surface area contributed by atoms with Gasteiger partial charge in [0.15, 0.2) is 0 Å². The fourth-order valence-corrected chi connectivity index (χ4v) is 5.94. The quantitative estimate of drug-likeness (QED) is 0.158. The second-order valence-corrected chi connectivity index (χ2v) is 11.8. The van der Waals surface area contributed by atoms with Gasteiger partial charge in [0.25, 0.3) is 0 Å². The Labute approximate surface area is 236 Å². The van der Waals surface area contributed by atoms with Crippen molar-refractivity contribution in [2.24, 2.45) is 0 Å². The summed E-state index contributed by atoms with van der Waals surface area (Å²) in [7, 11) is 0. The second kappa shape index (κ2) is 12.6. The van der Waals surface area contributed by atoms with Gasteiger partial charge >= 0.3 is 0 Å². The Bertz CT molecular complexity index is 1570. The lowest BCUT2D eigenvalue weighted by atomic mass is 10.0. The first-order valence-electron chi connectivity index (χ1n) is 14.2. The van der Waals surface area contributed by atoms with E-state index in [9.17, 15) is 0 Å². The van der Waals surface area contributed by atoms with Crippen molar-refractivity contribution >= 4 is 22.4 Å². The highest BCUT2D eigenvalue weighted by Crippen LogP contribution is 2.38. The minimum atomic E-state index is 0.741. The first-order chi connectivity index (χ1) is 19.0. The van der Waals surface area contributed by atoms with Gasteiger partial charge in [-0.2, -0.15) is 0 Å². The number of hydrogen-bond acceptors (Lipinski definition) is 4. The zero-order chi connectivity index (χ0) is 27.2. The van der Waals surface area contributed by atoms with E-state index in [1.165, 1.54) is 47.4 Å². The molecule has 0 radical (unpaired) electrons. The monoisotopic (exact) mass is 534 g/mol. The standard InChI is InChI=1S/C35H38N2OS/c1-5-6-7-8-9-10-21-38-29-16-12-15-28(23-29)34-33(27-14-11-13-24(2)22-27)36-32-25(3)17-19-30(35(32)37-34)31-20-18-26(4)39-31/h11-20,22-23H,5-10,21H2,1-4H3. The van der Waals surface area contributed by atoms with Gasteiger partial charge < -0.3 is 4.74 Å². The van der Waals surface area contributed by atoms with Crippen molar-refractivity contribution < 1.29 is 4.74 Å². The molecular weight excluding hydrogens is 496 g/mol. The predicted molar refractivity (Wildman–Crippen MR) is 167 cm³/mol. The number of hydrogen-bond donors (Lipinski definition) is 0. The summed E-state index contributed by atoms with van der Waals surface area (Å²) < 4.78 is 6.20. The van der Waals surface area contributed by atoms with Crippen molar-refractivity contribution in [2.75, 3.05) is 6.61 Å². The van der Waals surface area contributed by atoms with Crippen LogP contribution in [0.4, 0.5) is 0 Å². The topological polar surface area (TPSA) is 35.0 Å². The molecule has 39 heavy (non-hydrogen) atoms. The maximum Gasteiger partial charge on any atom is 0.119 e. The molecular formula is C35H38N2OS. The molecule has 200 valence electrons. The van der Waals surface area contributed by atoms with Crippen molar-refractivity contribution in [3.8, 4) is 38.7 Å². The number of ether oxygens (including phenoxy) is 1. The molecule has 5 aromatic rings. The van der Waals surface area contributed by atoms with Gasteiger partial charge in [0.05, 0.1) is 29.0 Å². The zero-order valence-corrected chi connectivity index (χ0v) is 24.4. The highest BCUT2D eigenvalue weighted by molar-refractivity contribution is 7.15. The fourth-order valence-electron chi connectivity index (χ4n) is 5.04. The first-order valence-corrected chi connectivity index (χ1v) is 15.0. The lowest BCUT2D eigenvalue weighted by Crippen LogP contribution is -2.00. The number of fused-ring (bicyclic) bond motifs is 1. The van der Waals surface area contributed by atoms with Crippen LogP contribution in [0.25, 0.3) is 44.0 Å². The zero-order valence-electron chi connectivity index (χ0n) is 23.6. The lowest BCUT2D eigenvalue weighted by molar-refractivity contribution is 0.304. The van der Waals surface area contributed by atoms with E-state index in [0.717, 1.165) is 63.5 Å². The van der Waals surface area contributed by atoms with Crippen LogP contribution in [0.5, 0.6) is 5.75 Å². The first kappa shape index (κ1) is 27.1. The predicted octanol–water partition coefficient (Wildman–Crippen LogP) is 10.4. The van der Waals surface area contributed by atoms with Crippen LogP contribution in [0, 0.1) is 20.8 Å². The molecule has 0 N–H and O–H groups in total. The highest BCUT2D eigenvalue weighted by atomic mass is 32.1. The van der Waals surface area contributed by atoms with Crippen LogP contribution in [0.15, 0.2) is 72.8 Å². The molecule has 0 saturated carbocycles. The molecule has 4 heteroatoms. The van der Waals surface area contributed by atoms with Crippen molar-refractivity contribution in [3.05, 3.63) is 88.8 Å². The number of aromatic nitrogens is 2. The van der Waals surface area contributed by atoms with Crippen molar-refractivity contribution in [1.29, 1.82) is 0 Å². The smallest absolute Gasteiger partial charge is 0.119 e. The average Bonchev–Trinajstić information content (AvgIpc) is 3.38. The van der Waals surface area contributed by atoms with Crippen LogP contribution in [0.3, 0.4) is 0 Å². The second-order valence-electron chi connectivity index (χ2n) is 10.5. The van der Waals surface area contributed by atoms with E-state index in [2.05, 4.69) is 94.4 Å². The number of aryl methyl sites for hydroxylation is 3. The fraction of sp³-hybridized carbons (Fsp3) is 0.314. The molecule has 0 spiro atoms. The third-order valence-electron chi connectivity index (χ3n) is 7.20. The lowest BCUT2D eigenvalue weighted by Gasteiger charge is -2.15. The molecule has 3 aromatic carbocycles. The van der Waals surface area contributed by atoms with Crippen molar-refractivity contribution in [2.45, 2.75) is 66.2 Å². The minimum Gasteiger partial charge on any atom is -0.494 e.